The summed E-state index contributed by atoms with van der Waals surface area (Å²) in [5, 5.41) is 2.79. The van der Waals surface area contributed by atoms with Crippen LogP contribution >= 0.6 is 23.4 Å². The third-order valence-corrected chi connectivity index (χ3v) is 3.31. The van der Waals surface area contributed by atoms with Gasteiger partial charge in [0.15, 0.2) is 0 Å². The summed E-state index contributed by atoms with van der Waals surface area (Å²) in [6.45, 7) is 2.26. The quantitative estimate of drug-likeness (QED) is 0.477. The molecule has 0 aromatic heterocycles. The average molecular weight is 302 g/mol. The van der Waals surface area contributed by atoms with Crippen molar-refractivity contribution < 1.29 is 14.3 Å². The number of carbonyl (C=O) groups is 2. The van der Waals surface area contributed by atoms with Crippen molar-refractivity contribution in [2.75, 3.05) is 29.3 Å². The molecule has 1 aromatic rings. The molecule has 0 radical (unpaired) electrons. The fraction of sp³-hybridized carbons (Fsp3) is 0.385. The van der Waals surface area contributed by atoms with Crippen LogP contribution in [0.25, 0.3) is 0 Å². The van der Waals surface area contributed by atoms with E-state index >= 15 is 0 Å². The number of halogens is 1. The lowest BCUT2D eigenvalue weighted by molar-refractivity contribution is -0.139. The van der Waals surface area contributed by atoms with E-state index in [2.05, 4.69) is 5.32 Å². The second kappa shape index (κ2) is 8.82. The van der Waals surface area contributed by atoms with Crippen molar-refractivity contribution in [1.29, 1.82) is 0 Å². The van der Waals surface area contributed by atoms with Crippen LogP contribution in [-0.4, -0.2) is 35.9 Å². The molecule has 6 heteroatoms. The molecule has 0 bridgehead atoms. The molecular weight excluding hydrogens is 286 g/mol. The first kappa shape index (κ1) is 15.9. The number of benzene rings is 1. The minimum atomic E-state index is -0.439. The standard InChI is InChI=1S/C13H16ClNO3S/c1-10-2-4-11(5-3-10)15-12(16)9-19-7-6-18-13(17)8-14/h2-5H,6-9H2,1H3,(H,15,16). The highest BCUT2D eigenvalue weighted by Gasteiger charge is 2.03. The zero-order chi connectivity index (χ0) is 14.1. The van der Waals surface area contributed by atoms with Crippen LogP contribution in [-0.2, 0) is 14.3 Å². The molecule has 0 aliphatic heterocycles. The summed E-state index contributed by atoms with van der Waals surface area (Å²) in [6.07, 6.45) is 0. The first-order chi connectivity index (χ1) is 9.11. The molecule has 4 nitrogen and oxygen atoms in total. The van der Waals surface area contributed by atoms with Crippen LogP contribution in [0.4, 0.5) is 5.69 Å². The second-order valence-corrected chi connectivity index (χ2v) is 5.19. The highest BCUT2D eigenvalue weighted by atomic mass is 35.5. The molecule has 0 aliphatic carbocycles. The highest BCUT2D eigenvalue weighted by molar-refractivity contribution is 7.99. The fourth-order valence-corrected chi connectivity index (χ4v) is 1.93. The molecule has 0 aliphatic rings. The van der Waals surface area contributed by atoms with Gasteiger partial charge in [0.05, 0.1) is 5.75 Å². The van der Waals surface area contributed by atoms with Gasteiger partial charge >= 0.3 is 5.97 Å². The Labute approximate surface area is 121 Å². The van der Waals surface area contributed by atoms with Gasteiger partial charge in [0.1, 0.15) is 12.5 Å². The minimum Gasteiger partial charge on any atom is -0.464 e. The Bertz CT molecular complexity index is 422. The van der Waals surface area contributed by atoms with Crippen molar-refractivity contribution in [2.24, 2.45) is 0 Å². The lowest BCUT2D eigenvalue weighted by Crippen LogP contribution is -2.15. The van der Waals surface area contributed by atoms with Crippen LogP contribution in [0.1, 0.15) is 5.56 Å². The third-order valence-electron chi connectivity index (χ3n) is 2.17. The zero-order valence-corrected chi connectivity index (χ0v) is 12.2. The number of ether oxygens (including phenoxy) is 1. The predicted octanol–water partition coefficient (Wildman–Crippen LogP) is 2.45. The van der Waals surface area contributed by atoms with Crippen molar-refractivity contribution in [1.82, 2.24) is 0 Å². The van der Waals surface area contributed by atoms with Gasteiger partial charge in [-0.3, -0.25) is 9.59 Å². The second-order valence-electron chi connectivity index (χ2n) is 3.82. The molecule has 104 valence electrons. The van der Waals surface area contributed by atoms with Crippen LogP contribution < -0.4 is 5.32 Å². The van der Waals surface area contributed by atoms with E-state index in [0.29, 0.717) is 11.5 Å². The van der Waals surface area contributed by atoms with Crippen molar-refractivity contribution >= 4 is 40.9 Å². The lowest BCUT2D eigenvalue weighted by Gasteiger charge is -2.05. The number of alkyl halides is 1. The number of carbonyl (C=O) groups excluding carboxylic acids is 2. The van der Waals surface area contributed by atoms with Gasteiger partial charge in [0, 0.05) is 11.4 Å². The number of aryl methyl sites for hydroxylation is 1. The molecule has 0 saturated heterocycles. The van der Waals surface area contributed by atoms with E-state index in [1.807, 2.05) is 31.2 Å². The number of nitrogens with one attached hydrogen (secondary N) is 1. The van der Waals surface area contributed by atoms with Gasteiger partial charge in [0.25, 0.3) is 0 Å². The van der Waals surface area contributed by atoms with Crippen LogP contribution in [0.15, 0.2) is 24.3 Å². The van der Waals surface area contributed by atoms with E-state index < -0.39 is 5.97 Å². The van der Waals surface area contributed by atoms with E-state index in [0.717, 1.165) is 11.3 Å². The summed E-state index contributed by atoms with van der Waals surface area (Å²) >= 11 is 6.68. The van der Waals surface area contributed by atoms with Crippen molar-refractivity contribution in [3.05, 3.63) is 29.8 Å². The molecule has 0 saturated carbocycles. The van der Waals surface area contributed by atoms with Gasteiger partial charge in [-0.05, 0) is 19.1 Å². The van der Waals surface area contributed by atoms with Crippen LogP contribution in [0, 0.1) is 6.92 Å². The maximum atomic E-state index is 11.6. The van der Waals surface area contributed by atoms with Crippen molar-refractivity contribution in [3.8, 4) is 0 Å². The molecule has 1 aromatic carbocycles. The number of hydrogen-bond donors (Lipinski definition) is 1. The molecule has 0 unspecified atom stereocenters. The topological polar surface area (TPSA) is 55.4 Å². The summed E-state index contributed by atoms with van der Waals surface area (Å²) < 4.78 is 4.78. The number of esters is 1. The number of hydrogen-bond acceptors (Lipinski definition) is 4. The summed E-state index contributed by atoms with van der Waals surface area (Å²) in [7, 11) is 0. The molecule has 19 heavy (non-hydrogen) atoms. The molecule has 0 spiro atoms. The monoisotopic (exact) mass is 301 g/mol. The molecule has 0 heterocycles. The summed E-state index contributed by atoms with van der Waals surface area (Å²) in [5.41, 5.74) is 1.93. The summed E-state index contributed by atoms with van der Waals surface area (Å²) in [4.78, 5) is 22.3. The maximum absolute atomic E-state index is 11.6. The third kappa shape index (κ3) is 7.08. The number of rotatable bonds is 7. The minimum absolute atomic E-state index is 0.0717. The molecule has 0 atom stereocenters. The highest BCUT2D eigenvalue weighted by Crippen LogP contribution is 2.09. The lowest BCUT2D eigenvalue weighted by atomic mass is 10.2. The Hall–Kier alpha value is -1.20. The van der Waals surface area contributed by atoms with Crippen molar-refractivity contribution in [3.63, 3.8) is 0 Å². The zero-order valence-electron chi connectivity index (χ0n) is 10.6. The van der Waals surface area contributed by atoms with Gasteiger partial charge < -0.3 is 10.1 Å². The average Bonchev–Trinajstić information content (AvgIpc) is 2.40. The van der Waals surface area contributed by atoms with Gasteiger partial charge in [-0.1, -0.05) is 17.7 Å². The predicted molar refractivity (Wildman–Crippen MR) is 78.8 cm³/mol. The Morgan fingerprint density at radius 1 is 1.32 bits per heavy atom. The smallest absolute Gasteiger partial charge is 0.320 e. The van der Waals surface area contributed by atoms with Crippen LogP contribution in [0.3, 0.4) is 0 Å². The van der Waals surface area contributed by atoms with Gasteiger partial charge in [-0.25, -0.2) is 0 Å². The van der Waals surface area contributed by atoms with Gasteiger partial charge in [0.2, 0.25) is 5.91 Å². The molecule has 0 fully saturated rings. The number of anilines is 1. The van der Waals surface area contributed by atoms with Crippen LogP contribution in [0.5, 0.6) is 0 Å². The first-order valence-corrected chi connectivity index (χ1v) is 7.46. The van der Waals surface area contributed by atoms with E-state index in [9.17, 15) is 9.59 Å². The Morgan fingerprint density at radius 3 is 2.63 bits per heavy atom. The molecule has 1 rings (SSSR count). The maximum Gasteiger partial charge on any atom is 0.320 e. The number of thioether (sulfide) groups is 1. The van der Waals surface area contributed by atoms with Gasteiger partial charge in [-0.15, -0.1) is 23.4 Å². The normalized spacial score (nSPS) is 10.0. The van der Waals surface area contributed by atoms with E-state index in [1.54, 1.807) is 0 Å². The SMILES string of the molecule is Cc1ccc(NC(=O)CSCCOC(=O)CCl)cc1. The fourth-order valence-electron chi connectivity index (χ4n) is 1.25. The van der Waals surface area contributed by atoms with Gasteiger partial charge in [-0.2, -0.15) is 0 Å². The summed E-state index contributed by atoms with van der Waals surface area (Å²) in [5.74, 6) is 0.248. The molecule has 1 N–H and O–H groups in total. The Kier molecular flexibility index (Phi) is 7.36. The van der Waals surface area contributed by atoms with E-state index in [-0.39, 0.29) is 18.4 Å². The molecule has 1 amide bonds. The largest absolute Gasteiger partial charge is 0.464 e. The van der Waals surface area contributed by atoms with Crippen molar-refractivity contribution in [2.45, 2.75) is 6.92 Å². The van der Waals surface area contributed by atoms with E-state index in [1.165, 1.54) is 11.8 Å². The van der Waals surface area contributed by atoms with E-state index in [4.69, 9.17) is 16.3 Å². The first-order valence-electron chi connectivity index (χ1n) is 5.77. The number of amides is 1. The Morgan fingerprint density at radius 2 is 2.00 bits per heavy atom. The summed E-state index contributed by atoms with van der Waals surface area (Å²) in [6, 6.07) is 7.60. The Balaban J connectivity index is 2.14. The molecular formula is C13H16ClNO3S. The van der Waals surface area contributed by atoms with Crippen LogP contribution in [0.2, 0.25) is 0 Å².